The Morgan fingerprint density at radius 3 is 1.46 bits per heavy atom. The van der Waals surface area contributed by atoms with E-state index in [-0.39, 0.29) is 22.0 Å². The number of methoxy groups -OCH3 is 3. The van der Waals surface area contributed by atoms with Crippen molar-refractivity contribution in [3.05, 3.63) is 138 Å². The van der Waals surface area contributed by atoms with Crippen molar-refractivity contribution >= 4 is 99.0 Å². The molecule has 0 aliphatic heterocycles. The minimum Gasteiger partial charge on any atom is -0.505 e. The summed E-state index contributed by atoms with van der Waals surface area (Å²) in [7, 11) is -6.33. The number of rotatable bonds is 15. The van der Waals surface area contributed by atoms with Crippen molar-refractivity contribution in [2.24, 2.45) is 40.9 Å². The fourth-order valence-electron chi connectivity index (χ4n) is 6.42. The second kappa shape index (κ2) is 25.3. The van der Waals surface area contributed by atoms with Gasteiger partial charge in [-0.25, -0.2) is 0 Å². The monoisotopic (exact) mass is 1040 g/mol. The van der Waals surface area contributed by atoms with E-state index in [2.05, 4.69) is 46.2 Å². The molecule has 0 fully saturated rings. The van der Waals surface area contributed by atoms with E-state index in [0.717, 1.165) is 16.8 Å². The van der Waals surface area contributed by atoms with Crippen molar-refractivity contribution in [2.75, 3.05) is 26.6 Å². The molecule has 0 saturated carbocycles. The quantitative estimate of drug-likeness (QED) is 0.0548. The molecule has 0 aromatic heterocycles. The maximum Gasteiger partial charge on any atom is 0.425 e. The van der Waals surface area contributed by atoms with Crippen LogP contribution in [0.4, 0.5) is 56.9 Å². The standard InChI is InChI=1S/C46H41N9O8S.2O3S/c1-27-19-39(42(61-3)23-36(27)50-48-34-13-9-10-14-45(34)64(58,59)60)53-51-37-24-43(62-4)40(20-28(37)2)54-52-38-25-44(63-5)41(22-30(38)26-56)55-49-35-18-15-29-21-32(16-17-33(29)46(35)57)47-31-11-7-6-8-12-31;2*1-4(2)3/h6-25,47,56-57H,26H2,1-5H3,(H,58,59,60);;. The highest BCUT2D eigenvalue weighted by molar-refractivity contribution is 7.86. The van der Waals surface area contributed by atoms with Gasteiger partial charge in [-0.05, 0) is 97.1 Å². The number of aliphatic hydroxyl groups is 1. The Morgan fingerprint density at radius 2 is 0.944 bits per heavy atom. The van der Waals surface area contributed by atoms with Crippen LogP contribution in [0.5, 0.6) is 23.0 Å². The molecule has 0 aliphatic rings. The number of azo groups is 4. The lowest BCUT2D eigenvalue weighted by Crippen LogP contribution is -1.97. The van der Waals surface area contributed by atoms with E-state index in [0.29, 0.717) is 73.4 Å². The second-order valence-corrected chi connectivity index (χ2v) is 16.6. The van der Waals surface area contributed by atoms with Crippen LogP contribution in [0.1, 0.15) is 16.7 Å². The third kappa shape index (κ3) is 14.9. The van der Waals surface area contributed by atoms with Crippen LogP contribution in [0.25, 0.3) is 10.8 Å². The number of anilines is 2. The molecule has 0 spiro atoms. The van der Waals surface area contributed by atoms with Crippen LogP contribution >= 0.6 is 0 Å². The molecule has 4 N–H and O–H groups in total. The maximum atomic E-state index is 11.8. The molecule has 26 heteroatoms. The van der Waals surface area contributed by atoms with E-state index < -0.39 is 37.9 Å². The molecule has 0 aliphatic carbocycles. The van der Waals surface area contributed by atoms with E-state index in [4.69, 9.17) is 39.5 Å². The molecular weight excluding hydrogens is 999 g/mol. The number of phenolic OH excluding ortho intramolecular Hbond substituents is 1. The Balaban J connectivity index is 0.00000112. The van der Waals surface area contributed by atoms with Crippen LogP contribution < -0.4 is 19.5 Å². The summed E-state index contributed by atoms with van der Waals surface area (Å²) < 4.78 is 101. The molecule has 0 bridgehead atoms. The number of para-hydroxylation sites is 1. The van der Waals surface area contributed by atoms with Gasteiger partial charge < -0.3 is 29.7 Å². The molecule has 0 saturated heterocycles. The van der Waals surface area contributed by atoms with Gasteiger partial charge in [0.1, 0.15) is 50.6 Å². The highest BCUT2D eigenvalue weighted by Gasteiger charge is 2.17. The predicted molar refractivity (Wildman–Crippen MR) is 262 cm³/mol. The van der Waals surface area contributed by atoms with Crippen LogP contribution in [0.2, 0.25) is 0 Å². The average Bonchev–Trinajstić information content (AvgIpc) is 3.34. The van der Waals surface area contributed by atoms with E-state index >= 15 is 0 Å². The number of ether oxygens (including phenoxy) is 3. The highest BCUT2D eigenvalue weighted by Crippen LogP contribution is 2.43. The fraction of sp³-hybridized carbons (Fsp3) is 0.130. The summed E-state index contributed by atoms with van der Waals surface area (Å²) in [6, 6.07) is 34.4. The number of nitrogens with one attached hydrogen (secondary N) is 1. The molecule has 372 valence electrons. The normalized spacial score (nSPS) is 11.3. The van der Waals surface area contributed by atoms with Gasteiger partial charge in [-0.1, -0.05) is 36.4 Å². The van der Waals surface area contributed by atoms with Crippen LogP contribution in [0, 0.1) is 13.8 Å². The Morgan fingerprint density at radius 1 is 0.500 bits per heavy atom. The number of hydrogen-bond donors (Lipinski definition) is 4. The molecule has 7 aromatic carbocycles. The first-order valence-corrected chi connectivity index (χ1v) is 23.8. The highest BCUT2D eigenvalue weighted by atomic mass is 32.2. The lowest BCUT2D eigenvalue weighted by atomic mass is 10.1. The smallest absolute Gasteiger partial charge is 0.425 e. The lowest BCUT2D eigenvalue weighted by molar-refractivity contribution is 0.282. The number of benzene rings is 7. The molecule has 0 atom stereocenters. The molecule has 72 heavy (non-hydrogen) atoms. The first kappa shape index (κ1) is 54.3. The Kier molecular flexibility index (Phi) is 19.0. The van der Waals surface area contributed by atoms with Crippen molar-refractivity contribution in [1.82, 2.24) is 0 Å². The van der Waals surface area contributed by atoms with Crippen LogP contribution in [-0.4, -0.2) is 69.8 Å². The first-order valence-electron chi connectivity index (χ1n) is 20.4. The topological polar surface area (TPSA) is 336 Å². The zero-order valence-corrected chi connectivity index (χ0v) is 40.8. The van der Waals surface area contributed by atoms with Crippen LogP contribution in [0.15, 0.2) is 167 Å². The van der Waals surface area contributed by atoms with Crippen molar-refractivity contribution in [3.8, 4) is 23.0 Å². The number of nitrogens with zero attached hydrogens (tertiary/aromatic N) is 8. The number of fused-ring (bicyclic) bond motifs is 1. The minimum absolute atomic E-state index is 0.0307. The Hall–Kier alpha value is -8.69. The zero-order chi connectivity index (χ0) is 52.5. The molecule has 7 aromatic rings. The summed E-state index contributed by atoms with van der Waals surface area (Å²) >= 11 is 0. The van der Waals surface area contributed by atoms with Crippen molar-refractivity contribution in [1.29, 1.82) is 0 Å². The SMILES string of the molecule is COc1cc(N=Nc2ccccc2S(=O)(=O)O)c(C)cc1N=Nc1cc(OC)c(N=Nc2cc(OC)c(N=Nc3ccc4cc(Nc5ccccc5)ccc4c3O)cc2CO)cc1C.O=S(=O)=O.O=S(=O)=O. The number of aliphatic hydroxyl groups excluding tert-OH is 1. The van der Waals surface area contributed by atoms with Gasteiger partial charge in [-0.3, -0.25) is 4.55 Å². The van der Waals surface area contributed by atoms with Gasteiger partial charge in [0, 0.05) is 40.5 Å². The predicted octanol–water partition coefficient (Wildman–Crippen LogP) is 11.3. The largest absolute Gasteiger partial charge is 0.505 e. The van der Waals surface area contributed by atoms with Gasteiger partial charge in [-0.2, -0.15) is 18.6 Å². The van der Waals surface area contributed by atoms with Gasteiger partial charge in [0.25, 0.3) is 10.1 Å². The van der Waals surface area contributed by atoms with Crippen molar-refractivity contribution in [2.45, 2.75) is 25.3 Å². The number of aromatic hydroxyl groups is 1. The van der Waals surface area contributed by atoms with Crippen LogP contribution in [-0.2, 0) is 37.9 Å². The summed E-state index contributed by atoms with van der Waals surface area (Å²) in [6.45, 7) is 3.19. The number of aryl methyl sites for hydroxylation is 2. The number of hydrogen-bond acceptors (Lipinski definition) is 22. The molecular formula is C46H41N9O14S3. The van der Waals surface area contributed by atoms with E-state index in [1.807, 2.05) is 61.5 Å². The summed E-state index contributed by atoms with van der Waals surface area (Å²) in [5, 5.41) is 60.8. The Labute approximate surface area is 413 Å². The lowest BCUT2D eigenvalue weighted by Gasteiger charge is -2.10. The summed E-state index contributed by atoms with van der Waals surface area (Å²) in [6.07, 6.45) is 0. The van der Waals surface area contributed by atoms with Gasteiger partial charge >= 0.3 is 21.2 Å². The van der Waals surface area contributed by atoms with Gasteiger partial charge in [0.05, 0.1) is 45.0 Å². The molecule has 0 amide bonds. The molecule has 23 nitrogen and oxygen atoms in total. The molecule has 7 rings (SSSR count). The third-order valence-corrected chi connectivity index (χ3v) is 10.7. The van der Waals surface area contributed by atoms with E-state index in [1.54, 1.807) is 55.5 Å². The summed E-state index contributed by atoms with van der Waals surface area (Å²) in [5.41, 5.74) is 5.94. The average molecular weight is 1040 g/mol. The molecule has 0 unspecified atom stereocenters. The molecule has 0 radical (unpaired) electrons. The first-order chi connectivity index (χ1) is 34.3. The van der Waals surface area contributed by atoms with Gasteiger partial charge in [-0.15, -0.1) is 55.9 Å². The number of phenols is 1. The summed E-state index contributed by atoms with van der Waals surface area (Å²) in [5.74, 6) is 0.928. The minimum atomic E-state index is -4.51. The van der Waals surface area contributed by atoms with Gasteiger partial charge in [0.15, 0.2) is 5.75 Å². The Bertz CT molecular complexity index is 3560. The maximum absolute atomic E-state index is 11.8. The zero-order valence-electron chi connectivity index (χ0n) is 38.4. The van der Waals surface area contributed by atoms with Gasteiger partial charge in [0.2, 0.25) is 0 Å². The fourth-order valence-corrected chi connectivity index (χ4v) is 7.05. The van der Waals surface area contributed by atoms with Crippen molar-refractivity contribution in [3.63, 3.8) is 0 Å². The molecule has 0 heterocycles. The third-order valence-electron chi connectivity index (χ3n) is 9.78. The van der Waals surface area contributed by atoms with Crippen molar-refractivity contribution < 1.29 is 62.6 Å². The van der Waals surface area contributed by atoms with Crippen LogP contribution in [0.3, 0.4) is 0 Å². The van der Waals surface area contributed by atoms with E-state index in [1.165, 1.54) is 39.5 Å². The second-order valence-electron chi connectivity index (χ2n) is 14.4. The van der Waals surface area contributed by atoms with E-state index in [9.17, 15) is 23.2 Å². The summed E-state index contributed by atoms with van der Waals surface area (Å²) in [4.78, 5) is -0.371.